The fourth-order valence-electron chi connectivity index (χ4n) is 2.38. The van der Waals surface area contributed by atoms with Crippen LogP contribution in [0.1, 0.15) is 27.2 Å². The van der Waals surface area contributed by atoms with Crippen LogP contribution in [-0.4, -0.2) is 5.91 Å². The average Bonchev–Trinajstić information content (AvgIpc) is 3.06. The Labute approximate surface area is 146 Å². The fourth-order valence-corrected chi connectivity index (χ4v) is 3.28. The molecule has 24 heavy (non-hydrogen) atoms. The van der Waals surface area contributed by atoms with Crippen LogP contribution in [0, 0.1) is 13.8 Å². The van der Waals surface area contributed by atoms with E-state index in [1.807, 2.05) is 56.3 Å². The van der Waals surface area contributed by atoms with E-state index in [1.165, 1.54) is 4.90 Å². The van der Waals surface area contributed by atoms with Crippen molar-refractivity contribution in [3.63, 3.8) is 0 Å². The summed E-state index contributed by atoms with van der Waals surface area (Å²) in [5.74, 6) is 0.854. The number of thioether (sulfide) groups is 1. The van der Waals surface area contributed by atoms with Crippen molar-refractivity contribution in [2.45, 2.75) is 24.5 Å². The van der Waals surface area contributed by atoms with Gasteiger partial charge in [0.25, 0.3) is 5.91 Å². The first-order valence-corrected chi connectivity index (χ1v) is 8.75. The Morgan fingerprint density at radius 3 is 2.67 bits per heavy atom. The lowest BCUT2D eigenvalue weighted by molar-refractivity contribution is 0.0995. The second-order valence-corrected chi connectivity index (χ2v) is 6.70. The Morgan fingerprint density at radius 1 is 1.08 bits per heavy atom. The summed E-state index contributed by atoms with van der Waals surface area (Å²) in [5, 5.41) is 2.95. The summed E-state index contributed by atoms with van der Waals surface area (Å²) < 4.78 is 5.43. The number of rotatable bonds is 5. The standard InChI is InChI=1S/C20H19NO2S/c1-14-8-9-15(2)18(12-14)21-20(22)19-16(10-11-23-19)13-24-17-6-4-3-5-7-17/h3-12H,13H2,1-2H3,(H,21,22). The number of carbonyl (C=O) groups is 1. The van der Waals surface area contributed by atoms with Crippen molar-refractivity contribution in [1.82, 2.24) is 0 Å². The molecule has 1 amide bonds. The zero-order chi connectivity index (χ0) is 16.9. The van der Waals surface area contributed by atoms with E-state index in [4.69, 9.17) is 4.42 Å². The largest absolute Gasteiger partial charge is 0.459 e. The lowest BCUT2D eigenvalue weighted by Gasteiger charge is -2.09. The molecule has 0 unspecified atom stereocenters. The van der Waals surface area contributed by atoms with Crippen molar-refractivity contribution < 1.29 is 9.21 Å². The molecule has 2 aromatic carbocycles. The van der Waals surface area contributed by atoms with Crippen LogP contribution < -0.4 is 5.32 Å². The molecule has 0 atom stereocenters. The van der Waals surface area contributed by atoms with Crippen molar-refractivity contribution in [1.29, 1.82) is 0 Å². The number of hydrogen-bond donors (Lipinski definition) is 1. The van der Waals surface area contributed by atoms with Crippen LogP contribution in [0.25, 0.3) is 0 Å². The molecule has 0 saturated carbocycles. The van der Waals surface area contributed by atoms with Gasteiger partial charge in [0.1, 0.15) is 0 Å². The lowest BCUT2D eigenvalue weighted by atomic mass is 10.1. The first kappa shape index (κ1) is 16.4. The highest BCUT2D eigenvalue weighted by atomic mass is 32.2. The minimum atomic E-state index is -0.211. The zero-order valence-corrected chi connectivity index (χ0v) is 14.5. The van der Waals surface area contributed by atoms with Crippen LogP contribution in [0.15, 0.2) is 70.2 Å². The molecule has 0 aliphatic rings. The Kier molecular flexibility index (Phi) is 5.06. The van der Waals surface area contributed by atoms with E-state index < -0.39 is 0 Å². The van der Waals surface area contributed by atoms with Crippen LogP contribution in [0.5, 0.6) is 0 Å². The lowest BCUT2D eigenvalue weighted by Crippen LogP contribution is -2.13. The third-order valence-corrected chi connectivity index (χ3v) is 4.79. The monoisotopic (exact) mass is 337 g/mol. The van der Waals surface area contributed by atoms with Gasteiger partial charge in [-0.2, -0.15) is 0 Å². The van der Waals surface area contributed by atoms with Crippen molar-refractivity contribution >= 4 is 23.4 Å². The number of nitrogens with one attached hydrogen (secondary N) is 1. The smallest absolute Gasteiger partial charge is 0.291 e. The Hall–Kier alpha value is -2.46. The molecule has 1 heterocycles. The molecular formula is C20H19NO2S. The van der Waals surface area contributed by atoms with Gasteiger partial charge in [-0.3, -0.25) is 4.79 Å². The number of aryl methyl sites for hydroxylation is 2. The van der Waals surface area contributed by atoms with Gasteiger partial charge in [0, 0.05) is 21.9 Å². The van der Waals surface area contributed by atoms with Crippen LogP contribution in [0.2, 0.25) is 0 Å². The van der Waals surface area contributed by atoms with E-state index in [-0.39, 0.29) is 5.91 Å². The quantitative estimate of drug-likeness (QED) is 0.630. The Balaban J connectivity index is 1.72. The van der Waals surface area contributed by atoms with Crippen LogP contribution in [-0.2, 0) is 5.75 Å². The molecule has 0 fully saturated rings. The number of carbonyl (C=O) groups excluding carboxylic acids is 1. The summed E-state index contributed by atoms with van der Waals surface area (Å²) in [6.07, 6.45) is 1.57. The van der Waals surface area contributed by atoms with E-state index in [2.05, 4.69) is 17.4 Å². The van der Waals surface area contributed by atoms with E-state index in [9.17, 15) is 4.79 Å². The van der Waals surface area contributed by atoms with Gasteiger partial charge in [0.2, 0.25) is 0 Å². The Bertz CT molecular complexity index is 840. The third kappa shape index (κ3) is 3.89. The minimum Gasteiger partial charge on any atom is -0.459 e. The Morgan fingerprint density at radius 2 is 1.88 bits per heavy atom. The molecule has 4 heteroatoms. The van der Waals surface area contributed by atoms with E-state index in [0.29, 0.717) is 11.5 Å². The third-order valence-electron chi connectivity index (χ3n) is 3.73. The van der Waals surface area contributed by atoms with Crippen molar-refractivity contribution in [3.05, 3.63) is 83.3 Å². The van der Waals surface area contributed by atoms with Crippen molar-refractivity contribution in [2.24, 2.45) is 0 Å². The van der Waals surface area contributed by atoms with Gasteiger partial charge in [-0.1, -0.05) is 30.3 Å². The molecule has 3 rings (SSSR count). The number of furan rings is 1. The van der Waals surface area contributed by atoms with Gasteiger partial charge >= 0.3 is 0 Å². The maximum absolute atomic E-state index is 12.6. The number of anilines is 1. The molecule has 0 saturated heterocycles. The van der Waals surface area contributed by atoms with Crippen molar-refractivity contribution in [3.8, 4) is 0 Å². The van der Waals surface area contributed by atoms with Gasteiger partial charge in [0.15, 0.2) is 5.76 Å². The van der Waals surface area contributed by atoms with Crippen molar-refractivity contribution in [2.75, 3.05) is 5.32 Å². The normalized spacial score (nSPS) is 10.6. The first-order chi connectivity index (χ1) is 11.6. The summed E-state index contributed by atoms with van der Waals surface area (Å²) in [7, 11) is 0. The molecule has 0 bridgehead atoms. The predicted molar refractivity (Wildman–Crippen MR) is 98.6 cm³/mol. The van der Waals surface area contributed by atoms with Crippen LogP contribution in [0.4, 0.5) is 5.69 Å². The molecular weight excluding hydrogens is 318 g/mol. The molecule has 3 aromatic rings. The van der Waals surface area contributed by atoms with E-state index in [0.717, 1.165) is 22.4 Å². The second kappa shape index (κ2) is 7.41. The van der Waals surface area contributed by atoms with Gasteiger partial charge in [-0.25, -0.2) is 0 Å². The topological polar surface area (TPSA) is 42.2 Å². The highest BCUT2D eigenvalue weighted by Gasteiger charge is 2.16. The molecule has 0 aliphatic carbocycles. The first-order valence-electron chi connectivity index (χ1n) is 7.76. The molecule has 3 nitrogen and oxygen atoms in total. The van der Waals surface area contributed by atoms with Gasteiger partial charge in [0.05, 0.1) is 6.26 Å². The van der Waals surface area contributed by atoms with Crippen LogP contribution in [0.3, 0.4) is 0 Å². The molecule has 122 valence electrons. The highest BCUT2D eigenvalue weighted by molar-refractivity contribution is 7.98. The average molecular weight is 337 g/mol. The predicted octanol–water partition coefficient (Wildman–Crippen LogP) is 5.44. The SMILES string of the molecule is Cc1ccc(C)c(NC(=O)c2occc2CSc2ccccc2)c1. The molecule has 0 aliphatic heterocycles. The maximum Gasteiger partial charge on any atom is 0.291 e. The minimum absolute atomic E-state index is 0.211. The summed E-state index contributed by atoms with van der Waals surface area (Å²) in [5.41, 5.74) is 3.85. The summed E-state index contributed by atoms with van der Waals surface area (Å²) in [6, 6.07) is 18.0. The molecule has 1 aromatic heterocycles. The maximum atomic E-state index is 12.6. The number of benzene rings is 2. The van der Waals surface area contributed by atoms with Gasteiger partial charge < -0.3 is 9.73 Å². The highest BCUT2D eigenvalue weighted by Crippen LogP contribution is 2.26. The van der Waals surface area contributed by atoms with E-state index >= 15 is 0 Å². The molecule has 1 N–H and O–H groups in total. The summed E-state index contributed by atoms with van der Waals surface area (Å²) in [4.78, 5) is 13.7. The number of amides is 1. The second-order valence-electron chi connectivity index (χ2n) is 5.65. The summed E-state index contributed by atoms with van der Waals surface area (Å²) in [6.45, 7) is 3.98. The van der Waals surface area contributed by atoms with Gasteiger partial charge in [-0.15, -0.1) is 11.8 Å². The molecule has 0 radical (unpaired) electrons. The van der Waals surface area contributed by atoms with Crippen LogP contribution >= 0.6 is 11.8 Å². The molecule has 0 spiro atoms. The zero-order valence-electron chi connectivity index (χ0n) is 13.7. The fraction of sp³-hybridized carbons (Fsp3) is 0.150. The van der Waals surface area contributed by atoms with E-state index in [1.54, 1.807) is 18.0 Å². The van der Waals surface area contributed by atoms with Gasteiger partial charge in [-0.05, 0) is 49.2 Å². The summed E-state index contributed by atoms with van der Waals surface area (Å²) >= 11 is 1.68. The number of hydrogen-bond acceptors (Lipinski definition) is 3.